The van der Waals surface area contributed by atoms with Gasteiger partial charge in [-0.3, -0.25) is 4.79 Å². The highest BCUT2D eigenvalue weighted by Crippen LogP contribution is 2.08. The molecule has 0 aliphatic heterocycles. The SMILES string of the molecule is CO[C@@H]([C@H](O)CO)[C@H](OC)C(=O)CO. The maximum absolute atomic E-state index is 11.1. The minimum atomic E-state index is -1.22. The van der Waals surface area contributed by atoms with E-state index in [1.807, 2.05) is 0 Å². The molecule has 0 saturated heterocycles. The highest BCUT2D eigenvalue weighted by atomic mass is 16.5. The number of carbonyl (C=O) groups is 1. The lowest BCUT2D eigenvalue weighted by Crippen LogP contribution is -2.47. The zero-order valence-corrected chi connectivity index (χ0v) is 8.21. The molecule has 0 aliphatic rings. The van der Waals surface area contributed by atoms with E-state index < -0.39 is 37.3 Å². The van der Waals surface area contributed by atoms with Crippen molar-refractivity contribution in [1.29, 1.82) is 0 Å². The lowest BCUT2D eigenvalue weighted by atomic mass is 10.0. The van der Waals surface area contributed by atoms with E-state index in [4.69, 9.17) is 19.7 Å². The molecule has 84 valence electrons. The van der Waals surface area contributed by atoms with Crippen LogP contribution < -0.4 is 0 Å². The van der Waals surface area contributed by atoms with Gasteiger partial charge in [-0.15, -0.1) is 0 Å². The average Bonchev–Trinajstić information content (AvgIpc) is 2.23. The quantitative estimate of drug-likeness (QED) is 0.445. The number of rotatable bonds is 7. The molecule has 6 heteroatoms. The third kappa shape index (κ3) is 3.32. The fourth-order valence-corrected chi connectivity index (χ4v) is 1.13. The number of aliphatic hydroxyl groups is 3. The number of hydrogen-bond donors (Lipinski definition) is 3. The van der Waals surface area contributed by atoms with Gasteiger partial charge in [-0.2, -0.15) is 0 Å². The van der Waals surface area contributed by atoms with Gasteiger partial charge in [-0.25, -0.2) is 0 Å². The van der Waals surface area contributed by atoms with Crippen LogP contribution in [0, 0.1) is 0 Å². The van der Waals surface area contributed by atoms with E-state index in [0.717, 1.165) is 0 Å². The van der Waals surface area contributed by atoms with Gasteiger partial charge < -0.3 is 24.8 Å². The number of hydrogen-bond acceptors (Lipinski definition) is 6. The molecule has 3 N–H and O–H groups in total. The molecule has 3 atom stereocenters. The molecule has 0 spiro atoms. The summed E-state index contributed by atoms with van der Waals surface area (Å²) in [5.74, 6) is -0.605. The standard InChI is InChI=1S/C8H16O6/c1-13-7(5(11)3-9)8(14-2)6(12)4-10/h5,7-11H,3-4H2,1-2H3/t5-,7+,8-/m1/s1. The molecule has 0 aliphatic carbocycles. The number of ketones is 1. The number of carbonyl (C=O) groups excluding carboxylic acids is 1. The Balaban J connectivity index is 4.51. The fourth-order valence-electron chi connectivity index (χ4n) is 1.13. The van der Waals surface area contributed by atoms with Gasteiger partial charge in [0.25, 0.3) is 0 Å². The summed E-state index contributed by atoms with van der Waals surface area (Å²) in [7, 11) is 2.54. The first-order chi connectivity index (χ1) is 6.62. The van der Waals surface area contributed by atoms with Crippen molar-refractivity contribution in [1.82, 2.24) is 0 Å². The van der Waals surface area contributed by atoms with Crippen LogP contribution in [-0.4, -0.2) is 66.8 Å². The predicted molar refractivity (Wildman–Crippen MR) is 46.8 cm³/mol. The van der Waals surface area contributed by atoms with Crippen LogP contribution >= 0.6 is 0 Å². The van der Waals surface area contributed by atoms with Crippen molar-refractivity contribution < 1.29 is 29.6 Å². The Bertz CT molecular complexity index is 171. The zero-order valence-electron chi connectivity index (χ0n) is 8.21. The molecule has 6 nitrogen and oxygen atoms in total. The lowest BCUT2D eigenvalue weighted by molar-refractivity contribution is -0.150. The Morgan fingerprint density at radius 2 is 1.86 bits per heavy atom. The van der Waals surface area contributed by atoms with Crippen molar-refractivity contribution in [3.63, 3.8) is 0 Å². The Kier molecular flexibility index (Phi) is 6.60. The predicted octanol–water partition coefficient (Wildman–Crippen LogP) is -2.07. The summed E-state index contributed by atoms with van der Waals surface area (Å²) in [5.41, 5.74) is 0. The summed E-state index contributed by atoms with van der Waals surface area (Å²) >= 11 is 0. The third-order valence-corrected chi connectivity index (χ3v) is 1.86. The van der Waals surface area contributed by atoms with Crippen LogP contribution in [0.4, 0.5) is 0 Å². The van der Waals surface area contributed by atoms with Crippen molar-refractivity contribution in [3.8, 4) is 0 Å². The molecular weight excluding hydrogens is 192 g/mol. The number of Topliss-reactive ketones (excluding diaryl/α,β-unsaturated/α-hetero) is 1. The molecule has 0 rings (SSSR count). The van der Waals surface area contributed by atoms with Gasteiger partial charge in [0.1, 0.15) is 24.9 Å². The summed E-state index contributed by atoms with van der Waals surface area (Å²) in [4.78, 5) is 11.1. The van der Waals surface area contributed by atoms with E-state index in [1.165, 1.54) is 14.2 Å². The van der Waals surface area contributed by atoms with Gasteiger partial charge in [-0.1, -0.05) is 0 Å². The van der Waals surface area contributed by atoms with Crippen LogP contribution in [0.15, 0.2) is 0 Å². The Hall–Kier alpha value is -0.530. The summed E-state index contributed by atoms with van der Waals surface area (Å²) in [6.07, 6.45) is -3.28. The second kappa shape index (κ2) is 6.86. The molecule has 0 unspecified atom stereocenters. The highest BCUT2D eigenvalue weighted by molar-refractivity contribution is 5.84. The third-order valence-electron chi connectivity index (χ3n) is 1.86. The summed E-state index contributed by atoms with van der Waals surface area (Å²) in [6, 6.07) is 0. The fraction of sp³-hybridized carbons (Fsp3) is 0.875. The average molecular weight is 208 g/mol. The molecule has 0 aromatic heterocycles. The molecule has 0 radical (unpaired) electrons. The van der Waals surface area contributed by atoms with Crippen molar-refractivity contribution in [2.45, 2.75) is 18.3 Å². The van der Waals surface area contributed by atoms with Crippen molar-refractivity contribution in [3.05, 3.63) is 0 Å². The van der Waals surface area contributed by atoms with Gasteiger partial charge >= 0.3 is 0 Å². The Labute approximate surface area is 82.1 Å². The van der Waals surface area contributed by atoms with Crippen LogP contribution in [0.1, 0.15) is 0 Å². The van der Waals surface area contributed by atoms with Crippen molar-refractivity contribution >= 4 is 5.78 Å². The minimum Gasteiger partial charge on any atom is -0.394 e. The first-order valence-corrected chi connectivity index (χ1v) is 4.10. The van der Waals surface area contributed by atoms with Crippen LogP contribution in [-0.2, 0) is 14.3 Å². The van der Waals surface area contributed by atoms with Gasteiger partial charge in [0.15, 0.2) is 5.78 Å². The number of methoxy groups -OCH3 is 2. The molecule has 0 heterocycles. The monoisotopic (exact) mass is 208 g/mol. The van der Waals surface area contributed by atoms with E-state index in [-0.39, 0.29) is 0 Å². The van der Waals surface area contributed by atoms with Gasteiger partial charge in [0.05, 0.1) is 6.61 Å². The van der Waals surface area contributed by atoms with E-state index >= 15 is 0 Å². The van der Waals surface area contributed by atoms with E-state index in [1.54, 1.807) is 0 Å². The summed E-state index contributed by atoms with van der Waals surface area (Å²) < 4.78 is 9.59. The molecule has 0 bridgehead atoms. The maximum atomic E-state index is 11.1. The molecule has 14 heavy (non-hydrogen) atoms. The molecule has 0 aromatic rings. The van der Waals surface area contributed by atoms with Crippen LogP contribution in [0.5, 0.6) is 0 Å². The number of aliphatic hydroxyl groups excluding tert-OH is 3. The van der Waals surface area contributed by atoms with Gasteiger partial charge in [0, 0.05) is 14.2 Å². The lowest BCUT2D eigenvalue weighted by Gasteiger charge is -2.26. The minimum absolute atomic E-state index is 0.545. The van der Waals surface area contributed by atoms with Gasteiger partial charge in [0.2, 0.25) is 0 Å². The van der Waals surface area contributed by atoms with E-state index in [0.29, 0.717) is 0 Å². The van der Waals surface area contributed by atoms with Crippen molar-refractivity contribution in [2.24, 2.45) is 0 Å². The molecule has 0 fully saturated rings. The highest BCUT2D eigenvalue weighted by Gasteiger charge is 2.32. The van der Waals surface area contributed by atoms with Crippen LogP contribution in [0.3, 0.4) is 0 Å². The smallest absolute Gasteiger partial charge is 0.189 e. The first kappa shape index (κ1) is 13.5. The molecule has 0 saturated carbocycles. The van der Waals surface area contributed by atoms with Crippen LogP contribution in [0.2, 0.25) is 0 Å². The molecular formula is C8H16O6. The zero-order chi connectivity index (χ0) is 11.1. The maximum Gasteiger partial charge on any atom is 0.189 e. The van der Waals surface area contributed by atoms with E-state index in [9.17, 15) is 9.90 Å². The summed E-state index contributed by atoms with van der Waals surface area (Å²) in [5, 5.41) is 26.6. The Morgan fingerprint density at radius 3 is 2.14 bits per heavy atom. The second-order valence-corrected chi connectivity index (χ2v) is 2.73. The van der Waals surface area contributed by atoms with Gasteiger partial charge in [-0.05, 0) is 0 Å². The van der Waals surface area contributed by atoms with Crippen LogP contribution in [0.25, 0.3) is 0 Å². The molecule has 0 amide bonds. The Morgan fingerprint density at radius 1 is 1.29 bits per heavy atom. The first-order valence-electron chi connectivity index (χ1n) is 4.10. The summed E-state index contributed by atoms with van der Waals surface area (Å²) in [6.45, 7) is -1.24. The second-order valence-electron chi connectivity index (χ2n) is 2.73. The molecule has 0 aromatic carbocycles. The topological polar surface area (TPSA) is 96.2 Å². The largest absolute Gasteiger partial charge is 0.394 e. The van der Waals surface area contributed by atoms with Crippen molar-refractivity contribution in [2.75, 3.05) is 27.4 Å². The number of ether oxygens (including phenoxy) is 2. The van der Waals surface area contributed by atoms with E-state index in [2.05, 4.69) is 0 Å². The normalized spacial score (nSPS) is 17.5.